The largest absolute Gasteiger partial charge is 0.292 e. The number of para-hydroxylation sites is 1. The molecule has 1 aromatic heterocycles. The maximum atomic E-state index is 5.40. The van der Waals surface area contributed by atoms with Crippen LogP contribution >= 0.6 is 0 Å². The summed E-state index contributed by atoms with van der Waals surface area (Å²) in [5.41, 5.74) is 6.83. The van der Waals surface area contributed by atoms with Gasteiger partial charge in [-0.3, -0.25) is 4.57 Å². The zero-order chi connectivity index (χ0) is 28.3. The van der Waals surface area contributed by atoms with Crippen molar-refractivity contribution >= 4 is 54.1 Å². The Kier molecular flexibility index (Phi) is 5.23. The smallest absolute Gasteiger partial charge is 0.145 e. The molecule has 0 aliphatic heterocycles. The normalized spacial score (nSPS) is 11.7. The molecule has 0 radical (unpaired) electrons. The maximum Gasteiger partial charge on any atom is 0.145 e. The fraction of sp³-hybridized carbons (Fsp3) is 0. The summed E-state index contributed by atoms with van der Waals surface area (Å²) in [4.78, 5) is 5.40. The van der Waals surface area contributed by atoms with Gasteiger partial charge in [0.1, 0.15) is 5.82 Å². The molecule has 200 valence electrons. The lowest BCUT2D eigenvalue weighted by molar-refractivity contribution is 1.11. The van der Waals surface area contributed by atoms with E-state index in [2.05, 4.69) is 162 Å². The van der Waals surface area contributed by atoms with E-state index in [0.29, 0.717) is 0 Å². The molecule has 0 unspecified atom stereocenters. The molecule has 0 fully saturated rings. The van der Waals surface area contributed by atoms with Gasteiger partial charge < -0.3 is 0 Å². The van der Waals surface area contributed by atoms with Crippen LogP contribution in [0.1, 0.15) is 0 Å². The lowest BCUT2D eigenvalue weighted by atomic mass is 9.92. The molecule has 0 saturated carbocycles. The van der Waals surface area contributed by atoms with E-state index in [1.807, 2.05) is 0 Å². The third-order valence-corrected chi connectivity index (χ3v) is 8.75. The molecule has 9 aromatic rings. The van der Waals surface area contributed by atoms with Crippen molar-refractivity contribution in [1.82, 2.24) is 9.55 Å². The number of rotatable bonds is 3. The molecular formula is C41H26N2. The minimum Gasteiger partial charge on any atom is -0.292 e. The van der Waals surface area contributed by atoms with Crippen LogP contribution in [0.4, 0.5) is 0 Å². The van der Waals surface area contributed by atoms with E-state index in [-0.39, 0.29) is 0 Å². The Balaban J connectivity index is 1.33. The lowest BCUT2D eigenvalue weighted by Crippen LogP contribution is -1.98. The van der Waals surface area contributed by atoms with Crippen LogP contribution < -0.4 is 0 Å². The molecule has 9 rings (SSSR count). The zero-order valence-electron chi connectivity index (χ0n) is 23.4. The Morgan fingerprint density at radius 3 is 1.53 bits per heavy atom. The van der Waals surface area contributed by atoms with Gasteiger partial charge in [-0.15, -0.1) is 0 Å². The fourth-order valence-corrected chi connectivity index (χ4v) is 6.84. The molecule has 0 saturated heterocycles. The summed E-state index contributed by atoms with van der Waals surface area (Å²) in [5, 5.41) is 9.89. The van der Waals surface area contributed by atoms with E-state index in [1.54, 1.807) is 0 Å². The van der Waals surface area contributed by atoms with Crippen LogP contribution in [0.2, 0.25) is 0 Å². The molecule has 8 aromatic carbocycles. The van der Waals surface area contributed by atoms with Gasteiger partial charge in [-0.1, -0.05) is 140 Å². The van der Waals surface area contributed by atoms with E-state index in [0.717, 1.165) is 28.1 Å². The molecule has 2 heteroatoms. The standard InChI is InChI=1S/C41H26N2/c1-2-14-31(15-3-1)43-40-37-21-11-9-19-35(37)34-18-8-10-20-36(34)39(40)42-41(43)28-24-22-27(23-25-28)38-32-16-6-4-12-29(32)26-30-13-5-7-17-33(30)38/h1-26H. The number of nitrogens with zero attached hydrogens (tertiary/aromatic N) is 2. The first-order valence-corrected chi connectivity index (χ1v) is 14.7. The van der Waals surface area contributed by atoms with E-state index in [4.69, 9.17) is 4.98 Å². The van der Waals surface area contributed by atoms with E-state index in [1.165, 1.54) is 54.2 Å². The Hall–Kier alpha value is -5.73. The molecule has 0 bridgehead atoms. The van der Waals surface area contributed by atoms with Gasteiger partial charge >= 0.3 is 0 Å². The van der Waals surface area contributed by atoms with Gasteiger partial charge in [0.2, 0.25) is 0 Å². The van der Waals surface area contributed by atoms with Crippen LogP contribution in [0.3, 0.4) is 0 Å². The van der Waals surface area contributed by atoms with E-state index >= 15 is 0 Å². The SMILES string of the molecule is c1ccc(-n2c(-c3ccc(-c4c5ccccc5cc5ccccc45)cc3)nc3c4ccccc4c4ccccc4c32)cc1. The van der Waals surface area contributed by atoms with Gasteiger partial charge in [-0.2, -0.15) is 0 Å². The van der Waals surface area contributed by atoms with Gasteiger partial charge in [0.25, 0.3) is 0 Å². The minimum absolute atomic E-state index is 0.942. The highest BCUT2D eigenvalue weighted by atomic mass is 15.1. The Morgan fingerprint density at radius 2 is 0.884 bits per heavy atom. The predicted octanol–water partition coefficient (Wildman–Crippen LogP) is 11.0. The highest BCUT2D eigenvalue weighted by molar-refractivity contribution is 6.24. The summed E-state index contributed by atoms with van der Waals surface area (Å²) in [7, 11) is 0. The monoisotopic (exact) mass is 546 g/mol. The van der Waals surface area contributed by atoms with Gasteiger partial charge in [-0.05, 0) is 61.6 Å². The zero-order valence-corrected chi connectivity index (χ0v) is 23.4. The molecule has 0 atom stereocenters. The second-order valence-corrected chi connectivity index (χ2v) is 11.2. The van der Waals surface area contributed by atoms with Crippen molar-refractivity contribution in [3.05, 3.63) is 158 Å². The summed E-state index contributed by atoms with van der Waals surface area (Å²) in [6.07, 6.45) is 0. The van der Waals surface area contributed by atoms with Crippen molar-refractivity contribution in [1.29, 1.82) is 0 Å². The fourth-order valence-electron chi connectivity index (χ4n) is 6.84. The first kappa shape index (κ1) is 23.9. The minimum atomic E-state index is 0.942. The van der Waals surface area contributed by atoms with Crippen molar-refractivity contribution in [2.75, 3.05) is 0 Å². The van der Waals surface area contributed by atoms with Crippen LogP contribution in [-0.4, -0.2) is 9.55 Å². The summed E-state index contributed by atoms with van der Waals surface area (Å²) < 4.78 is 2.34. The molecule has 0 N–H and O–H groups in total. The number of fused-ring (bicyclic) bond motifs is 8. The number of hydrogen-bond donors (Lipinski definition) is 0. The van der Waals surface area contributed by atoms with E-state index < -0.39 is 0 Å². The van der Waals surface area contributed by atoms with Crippen LogP contribution in [-0.2, 0) is 0 Å². The predicted molar refractivity (Wildman–Crippen MR) is 182 cm³/mol. The van der Waals surface area contributed by atoms with Gasteiger partial charge in [-0.25, -0.2) is 4.98 Å². The van der Waals surface area contributed by atoms with Crippen LogP contribution in [0.25, 0.3) is 82.3 Å². The summed E-state index contributed by atoms with van der Waals surface area (Å²) in [6.45, 7) is 0. The summed E-state index contributed by atoms with van der Waals surface area (Å²) in [5.74, 6) is 0.942. The first-order chi connectivity index (χ1) is 21.3. The highest BCUT2D eigenvalue weighted by Gasteiger charge is 2.20. The van der Waals surface area contributed by atoms with Gasteiger partial charge in [0.15, 0.2) is 0 Å². The van der Waals surface area contributed by atoms with Crippen molar-refractivity contribution in [3.8, 4) is 28.2 Å². The molecular weight excluding hydrogens is 520 g/mol. The second-order valence-electron chi connectivity index (χ2n) is 11.2. The van der Waals surface area contributed by atoms with Crippen LogP contribution in [0, 0.1) is 0 Å². The number of hydrogen-bond acceptors (Lipinski definition) is 1. The average Bonchev–Trinajstić information content (AvgIpc) is 3.49. The van der Waals surface area contributed by atoms with Gasteiger partial charge in [0.05, 0.1) is 11.0 Å². The molecule has 0 spiro atoms. The lowest BCUT2D eigenvalue weighted by Gasteiger charge is -2.14. The van der Waals surface area contributed by atoms with Crippen LogP contribution in [0.5, 0.6) is 0 Å². The quantitative estimate of drug-likeness (QED) is 0.159. The highest BCUT2D eigenvalue weighted by Crippen LogP contribution is 2.40. The van der Waals surface area contributed by atoms with E-state index in [9.17, 15) is 0 Å². The first-order valence-electron chi connectivity index (χ1n) is 14.7. The Morgan fingerprint density at radius 1 is 0.395 bits per heavy atom. The summed E-state index contributed by atoms with van der Waals surface area (Å²) >= 11 is 0. The average molecular weight is 547 g/mol. The third-order valence-electron chi connectivity index (χ3n) is 8.75. The van der Waals surface area contributed by atoms with Crippen molar-refractivity contribution in [2.24, 2.45) is 0 Å². The van der Waals surface area contributed by atoms with Crippen molar-refractivity contribution < 1.29 is 0 Å². The summed E-state index contributed by atoms with van der Waals surface area (Å²) in [6, 6.07) is 56.6. The topological polar surface area (TPSA) is 17.8 Å². The Bertz CT molecular complexity index is 2430. The Labute approximate surface area is 249 Å². The molecule has 0 aliphatic rings. The number of benzene rings is 8. The number of aromatic nitrogens is 2. The number of imidazole rings is 1. The third kappa shape index (κ3) is 3.63. The molecule has 0 amide bonds. The second kappa shape index (κ2) is 9.40. The molecule has 43 heavy (non-hydrogen) atoms. The van der Waals surface area contributed by atoms with Gasteiger partial charge in [0, 0.05) is 22.0 Å². The van der Waals surface area contributed by atoms with Crippen molar-refractivity contribution in [3.63, 3.8) is 0 Å². The molecule has 2 nitrogen and oxygen atoms in total. The maximum absolute atomic E-state index is 5.40. The molecule has 1 heterocycles. The van der Waals surface area contributed by atoms with Crippen molar-refractivity contribution in [2.45, 2.75) is 0 Å². The van der Waals surface area contributed by atoms with Crippen LogP contribution in [0.15, 0.2) is 158 Å². The molecule has 0 aliphatic carbocycles.